The Morgan fingerprint density at radius 3 is 1.08 bits per heavy atom. The monoisotopic (exact) mass is 554 g/mol. The Balaban J connectivity index is 3.41. The first-order valence-electron chi connectivity index (χ1n) is 17.1. The minimum absolute atomic E-state index is 0.307. The maximum Gasteiger partial charge on any atom is 0.335 e. The Morgan fingerprint density at radius 1 is 0.462 bits per heavy atom. The van der Waals surface area contributed by atoms with Crippen molar-refractivity contribution in [2.45, 2.75) is 193 Å². The van der Waals surface area contributed by atoms with E-state index in [4.69, 9.17) is 9.47 Å². The average molecular weight is 555 g/mol. The van der Waals surface area contributed by atoms with Crippen molar-refractivity contribution in [1.29, 1.82) is 0 Å². The van der Waals surface area contributed by atoms with Crippen molar-refractivity contribution in [3.63, 3.8) is 0 Å². The molecule has 0 aromatic rings. The lowest BCUT2D eigenvalue weighted by Crippen LogP contribution is -2.27. The summed E-state index contributed by atoms with van der Waals surface area (Å²) in [5.41, 5.74) is 0. The van der Waals surface area contributed by atoms with Crippen molar-refractivity contribution in [3.05, 3.63) is 0 Å². The number of rotatable bonds is 31. The highest BCUT2D eigenvalue weighted by Crippen LogP contribution is 2.14. The largest absolute Gasteiger partial charge is 0.466 e. The fourth-order valence-electron chi connectivity index (χ4n) is 4.99. The van der Waals surface area contributed by atoms with Crippen molar-refractivity contribution in [3.8, 4) is 0 Å². The van der Waals surface area contributed by atoms with Crippen LogP contribution in [0.5, 0.6) is 0 Å². The summed E-state index contributed by atoms with van der Waals surface area (Å²) in [5.74, 6) is -1.24. The van der Waals surface area contributed by atoms with Crippen LogP contribution < -0.4 is 0 Å². The van der Waals surface area contributed by atoms with Gasteiger partial charge in [0.15, 0.2) is 6.10 Å². The van der Waals surface area contributed by atoms with Gasteiger partial charge in [0.1, 0.15) is 0 Å². The highest BCUT2D eigenvalue weighted by atomic mass is 16.6. The third kappa shape index (κ3) is 29.7. The number of carbonyl (C=O) groups excluding carboxylic acids is 2. The van der Waals surface area contributed by atoms with Crippen LogP contribution in [0.25, 0.3) is 0 Å². The van der Waals surface area contributed by atoms with E-state index in [9.17, 15) is 14.7 Å². The van der Waals surface area contributed by atoms with Crippen LogP contribution in [0.1, 0.15) is 187 Å². The van der Waals surface area contributed by atoms with Gasteiger partial charge < -0.3 is 14.6 Å². The average Bonchev–Trinajstić information content (AvgIpc) is 2.93. The molecule has 0 bridgehead atoms. The van der Waals surface area contributed by atoms with Gasteiger partial charge in [-0.2, -0.15) is 0 Å². The number of unbranched alkanes of at least 4 members (excludes halogenated alkanes) is 24. The van der Waals surface area contributed by atoms with E-state index in [2.05, 4.69) is 13.8 Å². The fraction of sp³-hybridized carbons (Fsp3) is 0.941. The number of esters is 2. The van der Waals surface area contributed by atoms with Crippen LogP contribution in [0.2, 0.25) is 0 Å². The van der Waals surface area contributed by atoms with Crippen molar-refractivity contribution >= 4 is 11.9 Å². The van der Waals surface area contributed by atoms with Crippen molar-refractivity contribution in [1.82, 2.24) is 0 Å². The molecule has 0 rings (SSSR count). The first kappa shape index (κ1) is 37.9. The molecular formula is C34H66O5. The number of aliphatic hydroxyl groups is 1. The molecule has 232 valence electrons. The summed E-state index contributed by atoms with van der Waals surface area (Å²) in [5, 5.41) is 9.93. The molecule has 39 heavy (non-hydrogen) atoms. The van der Waals surface area contributed by atoms with Gasteiger partial charge in [-0.1, -0.05) is 168 Å². The predicted molar refractivity (Wildman–Crippen MR) is 164 cm³/mol. The molecule has 0 saturated carbocycles. The predicted octanol–water partition coefficient (Wildman–Crippen LogP) is 10.0. The van der Waals surface area contributed by atoms with Gasteiger partial charge in [-0.3, -0.25) is 4.79 Å². The van der Waals surface area contributed by atoms with Crippen LogP contribution in [-0.2, 0) is 19.1 Å². The summed E-state index contributed by atoms with van der Waals surface area (Å²) in [6.07, 6.45) is 31.2. The van der Waals surface area contributed by atoms with E-state index in [0.29, 0.717) is 13.2 Å². The number of hydrogen-bond acceptors (Lipinski definition) is 5. The molecule has 5 nitrogen and oxygen atoms in total. The van der Waals surface area contributed by atoms with Crippen LogP contribution in [-0.4, -0.2) is 36.4 Å². The fourth-order valence-corrected chi connectivity index (χ4v) is 4.99. The van der Waals surface area contributed by atoms with Gasteiger partial charge in [0.05, 0.1) is 19.6 Å². The summed E-state index contributed by atoms with van der Waals surface area (Å²) < 4.78 is 10.3. The zero-order valence-electron chi connectivity index (χ0n) is 26.2. The van der Waals surface area contributed by atoms with Gasteiger partial charge in [0, 0.05) is 0 Å². The van der Waals surface area contributed by atoms with E-state index >= 15 is 0 Å². The maximum absolute atomic E-state index is 11.9. The smallest absolute Gasteiger partial charge is 0.335 e. The molecule has 0 aromatic carbocycles. The third-order valence-electron chi connectivity index (χ3n) is 7.64. The summed E-state index contributed by atoms with van der Waals surface area (Å²) in [7, 11) is 0. The first-order valence-corrected chi connectivity index (χ1v) is 17.1. The standard InChI is InChI=1S/C34H66O5/c1-3-5-7-9-11-13-15-17-19-21-23-25-27-29-38-33(36)31-32(35)34(37)39-30-28-26-24-22-20-18-16-14-12-10-8-6-4-2/h32,35H,3-31H2,1-2H3. The minimum atomic E-state index is -1.42. The van der Waals surface area contributed by atoms with Gasteiger partial charge in [0.25, 0.3) is 0 Å². The molecule has 0 amide bonds. The summed E-state index contributed by atoms with van der Waals surface area (Å²) in [6.45, 7) is 5.18. The molecule has 0 heterocycles. The number of hydrogen-bond donors (Lipinski definition) is 1. The topological polar surface area (TPSA) is 72.8 Å². The van der Waals surface area contributed by atoms with Crippen LogP contribution in [0, 0.1) is 0 Å². The quantitative estimate of drug-likeness (QED) is 0.0681. The molecule has 0 fully saturated rings. The Bertz CT molecular complexity index is 522. The lowest BCUT2D eigenvalue weighted by molar-refractivity contribution is -0.160. The molecule has 0 aromatic heterocycles. The number of ether oxygens (including phenoxy) is 2. The van der Waals surface area contributed by atoms with E-state index in [0.717, 1.165) is 32.1 Å². The lowest BCUT2D eigenvalue weighted by Gasteiger charge is -2.11. The molecule has 0 spiro atoms. The molecular weight excluding hydrogens is 488 g/mol. The summed E-state index contributed by atoms with van der Waals surface area (Å²) in [4.78, 5) is 23.8. The van der Waals surface area contributed by atoms with E-state index < -0.39 is 18.0 Å². The molecule has 1 N–H and O–H groups in total. The highest BCUT2D eigenvalue weighted by molar-refractivity contribution is 5.81. The van der Waals surface area contributed by atoms with E-state index in [1.54, 1.807) is 0 Å². The Hall–Kier alpha value is -1.10. The van der Waals surface area contributed by atoms with Gasteiger partial charge >= 0.3 is 11.9 Å². The second-order valence-corrected chi connectivity index (χ2v) is 11.6. The van der Waals surface area contributed by atoms with Crippen LogP contribution in [0.15, 0.2) is 0 Å². The molecule has 5 heteroatoms. The number of carbonyl (C=O) groups is 2. The zero-order valence-corrected chi connectivity index (χ0v) is 26.2. The van der Waals surface area contributed by atoms with Gasteiger partial charge in [-0.25, -0.2) is 4.79 Å². The van der Waals surface area contributed by atoms with Crippen molar-refractivity contribution < 1.29 is 24.2 Å². The van der Waals surface area contributed by atoms with Crippen LogP contribution in [0.4, 0.5) is 0 Å². The molecule has 0 aliphatic rings. The SMILES string of the molecule is CCCCCCCCCCCCCCCOC(=O)CC(O)C(=O)OCCCCCCCCCCCCCCC. The van der Waals surface area contributed by atoms with Gasteiger partial charge in [0.2, 0.25) is 0 Å². The summed E-state index contributed by atoms with van der Waals surface area (Å²) >= 11 is 0. The Morgan fingerprint density at radius 2 is 0.744 bits per heavy atom. The molecule has 0 radical (unpaired) electrons. The number of aliphatic hydroxyl groups excluding tert-OH is 1. The van der Waals surface area contributed by atoms with E-state index in [1.165, 1.54) is 135 Å². The Labute approximate surface area is 242 Å². The lowest BCUT2D eigenvalue weighted by atomic mass is 10.0. The second-order valence-electron chi connectivity index (χ2n) is 11.6. The van der Waals surface area contributed by atoms with Gasteiger partial charge in [-0.15, -0.1) is 0 Å². The third-order valence-corrected chi connectivity index (χ3v) is 7.64. The van der Waals surface area contributed by atoms with Crippen molar-refractivity contribution in [2.24, 2.45) is 0 Å². The summed E-state index contributed by atoms with van der Waals surface area (Å²) in [6, 6.07) is 0. The van der Waals surface area contributed by atoms with Crippen molar-refractivity contribution in [2.75, 3.05) is 13.2 Å². The van der Waals surface area contributed by atoms with Crippen LogP contribution in [0.3, 0.4) is 0 Å². The molecule has 0 aliphatic heterocycles. The maximum atomic E-state index is 11.9. The van der Waals surface area contributed by atoms with Crippen LogP contribution >= 0.6 is 0 Å². The second kappa shape index (κ2) is 31.4. The van der Waals surface area contributed by atoms with E-state index in [-0.39, 0.29) is 6.42 Å². The van der Waals surface area contributed by atoms with Gasteiger partial charge in [-0.05, 0) is 12.8 Å². The molecule has 0 aliphatic carbocycles. The Kier molecular flexibility index (Phi) is 30.5. The molecule has 1 unspecified atom stereocenters. The molecule has 0 saturated heterocycles. The zero-order chi connectivity index (χ0) is 28.7. The van der Waals surface area contributed by atoms with E-state index in [1.807, 2.05) is 0 Å². The molecule has 1 atom stereocenters. The minimum Gasteiger partial charge on any atom is -0.466 e. The highest BCUT2D eigenvalue weighted by Gasteiger charge is 2.21. The first-order chi connectivity index (χ1) is 19.1. The normalized spacial score (nSPS) is 12.0.